The quantitative estimate of drug-likeness (QED) is 0.175. The monoisotopic (exact) mass is 746 g/mol. The van der Waals surface area contributed by atoms with Gasteiger partial charge < -0.3 is 19.4 Å². The summed E-state index contributed by atoms with van der Waals surface area (Å²) in [5.74, 6) is 1.35. The molecule has 0 spiro atoms. The molecule has 286 valence electrons. The van der Waals surface area contributed by atoms with Gasteiger partial charge in [-0.2, -0.15) is 18.4 Å². The summed E-state index contributed by atoms with van der Waals surface area (Å²) in [5.41, 5.74) is 1.52. The zero-order valence-corrected chi connectivity index (χ0v) is 30.4. The highest BCUT2D eigenvalue weighted by Gasteiger charge is 2.35. The number of nitrogens with zero attached hydrogens (tertiary/aromatic N) is 7. The van der Waals surface area contributed by atoms with Crippen LogP contribution in [0.5, 0.6) is 5.75 Å². The van der Waals surface area contributed by atoms with E-state index in [4.69, 9.17) is 15.0 Å². The third-order valence-corrected chi connectivity index (χ3v) is 10.6. The van der Waals surface area contributed by atoms with Gasteiger partial charge in [-0.3, -0.25) is 29.6 Å². The average molecular weight is 747 g/mol. The fourth-order valence-electron chi connectivity index (χ4n) is 7.40. The van der Waals surface area contributed by atoms with E-state index in [-0.39, 0.29) is 35.8 Å². The van der Waals surface area contributed by atoms with Crippen LogP contribution in [0.2, 0.25) is 0 Å². The van der Waals surface area contributed by atoms with Gasteiger partial charge in [-0.25, -0.2) is 4.98 Å². The van der Waals surface area contributed by atoms with Crippen molar-refractivity contribution in [3.05, 3.63) is 76.7 Å². The summed E-state index contributed by atoms with van der Waals surface area (Å²) < 4.78 is 46.3. The van der Waals surface area contributed by atoms with Gasteiger partial charge in [-0.1, -0.05) is 0 Å². The van der Waals surface area contributed by atoms with Crippen LogP contribution in [0.4, 0.5) is 24.7 Å². The molecule has 1 N–H and O–H groups in total. The van der Waals surface area contributed by atoms with Crippen LogP contribution in [0.25, 0.3) is 0 Å². The number of aromatic nitrogens is 2. The van der Waals surface area contributed by atoms with Crippen molar-refractivity contribution in [1.82, 2.24) is 25.1 Å². The van der Waals surface area contributed by atoms with Crippen molar-refractivity contribution in [3.8, 4) is 11.8 Å². The number of ether oxygens (including phenoxy) is 1. The molecule has 1 aromatic carbocycles. The van der Waals surface area contributed by atoms with E-state index in [0.717, 1.165) is 81.7 Å². The van der Waals surface area contributed by atoms with Gasteiger partial charge in [0.2, 0.25) is 12.3 Å². The molecule has 12 nitrogen and oxygen atoms in total. The minimum absolute atomic E-state index is 0.0822. The molecule has 1 atom stereocenters. The molecule has 0 radical (unpaired) electrons. The Morgan fingerprint density at radius 1 is 1.06 bits per heavy atom. The second-order valence-electron chi connectivity index (χ2n) is 14.1. The van der Waals surface area contributed by atoms with E-state index in [1.807, 2.05) is 36.1 Å². The lowest BCUT2D eigenvalue weighted by Gasteiger charge is -2.35. The molecule has 2 saturated heterocycles. The maximum atomic E-state index is 13.4. The predicted octanol–water partition coefficient (Wildman–Crippen LogP) is 5.13. The zero-order chi connectivity index (χ0) is 38.2. The van der Waals surface area contributed by atoms with Gasteiger partial charge in [-0.15, -0.1) is 0 Å². The number of piperidine rings is 1. The number of imide groups is 1. The molecule has 54 heavy (non-hydrogen) atoms. The number of nitriles is 1. The van der Waals surface area contributed by atoms with Crippen molar-refractivity contribution in [2.24, 2.45) is 0 Å². The van der Waals surface area contributed by atoms with Gasteiger partial charge in [0.25, 0.3) is 5.91 Å². The number of carbonyl (C=O) groups excluding carboxylic acids is 3. The summed E-state index contributed by atoms with van der Waals surface area (Å²) in [6.07, 6.45) is 1.60. The first-order valence-corrected chi connectivity index (χ1v) is 18.5. The molecule has 2 fully saturated rings. The lowest BCUT2D eigenvalue weighted by molar-refractivity contribution is -0.137. The van der Waals surface area contributed by atoms with Crippen molar-refractivity contribution >= 4 is 29.7 Å². The van der Waals surface area contributed by atoms with Crippen LogP contribution in [-0.4, -0.2) is 96.5 Å². The fourth-order valence-corrected chi connectivity index (χ4v) is 7.40. The van der Waals surface area contributed by atoms with Gasteiger partial charge in [0, 0.05) is 69.0 Å². The summed E-state index contributed by atoms with van der Waals surface area (Å²) in [6, 6.07) is 13.1. The van der Waals surface area contributed by atoms with Gasteiger partial charge in [0.15, 0.2) is 0 Å². The topological polar surface area (TPSA) is 135 Å². The summed E-state index contributed by atoms with van der Waals surface area (Å²) >= 11 is 0. The molecule has 5 heterocycles. The van der Waals surface area contributed by atoms with Crippen LogP contribution >= 0.6 is 0 Å². The van der Waals surface area contributed by atoms with Crippen molar-refractivity contribution in [1.29, 1.82) is 5.26 Å². The maximum Gasteiger partial charge on any atom is 0.417 e. The van der Waals surface area contributed by atoms with Crippen molar-refractivity contribution in [3.63, 3.8) is 0 Å². The van der Waals surface area contributed by atoms with Crippen LogP contribution in [0.3, 0.4) is 0 Å². The molecular weight excluding hydrogens is 701 g/mol. The Labute approximate surface area is 312 Å². The number of carbonyl (C=O) groups is 3. The van der Waals surface area contributed by atoms with E-state index < -0.39 is 11.7 Å². The number of hydrogen-bond acceptors (Lipinski definition) is 10. The third-order valence-electron chi connectivity index (χ3n) is 10.6. The molecule has 3 aliphatic heterocycles. The molecule has 0 bridgehead atoms. The lowest BCUT2D eigenvalue weighted by Crippen LogP contribution is -2.47. The largest absolute Gasteiger partial charge is 0.492 e. The third kappa shape index (κ3) is 9.28. The fraction of sp³-hybridized carbons (Fsp3) is 0.487. The first kappa shape index (κ1) is 38.5. The number of rotatable bonds is 14. The number of hydrogen-bond donors (Lipinski definition) is 1. The molecule has 2 aromatic heterocycles. The average Bonchev–Trinajstić information content (AvgIpc) is 3.52. The SMILES string of the molecule is CC(CCC(=O)NC=O)N1Cc2nc(N3CCN(CCCCOc4ccc(C5CCN(c6ccc(C#N)c(C(F)(F)F)c6)CC5)nc4)CC3)ccc2C1=O. The normalized spacial score (nSPS) is 17.2. The number of anilines is 2. The number of benzene rings is 1. The Morgan fingerprint density at radius 2 is 1.83 bits per heavy atom. The predicted molar refractivity (Wildman–Crippen MR) is 195 cm³/mol. The van der Waals surface area contributed by atoms with Crippen LogP contribution in [-0.2, 0) is 22.3 Å². The molecule has 3 aliphatic rings. The standard InChI is InChI=1S/C39H45F3N8O4/c1-27(4-11-37(52)45-26-51)50-25-35-32(38(50)53)8-10-36(46-35)49-19-17-47(18-20-49)14-2-3-21-54-31-7-9-34(44-24-31)28-12-15-48(16-13-28)30-6-5-29(23-43)33(22-30)39(40,41)42/h5-10,22,24,26-28H,2-4,11-21,25H2,1H3,(H,45,51,52). The Kier molecular flexibility index (Phi) is 12.3. The lowest BCUT2D eigenvalue weighted by atomic mass is 9.92. The number of alkyl halides is 3. The highest BCUT2D eigenvalue weighted by Crippen LogP contribution is 2.36. The Morgan fingerprint density at radius 3 is 2.52 bits per heavy atom. The minimum atomic E-state index is -4.58. The van der Waals surface area contributed by atoms with E-state index >= 15 is 0 Å². The first-order valence-electron chi connectivity index (χ1n) is 18.5. The number of amides is 3. The number of piperazine rings is 1. The Balaban J connectivity index is 0.873. The van der Waals surface area contributed by atoms with Gasteiger partial charge in [0.05, 0.1) is 47.8 Å². The van der Waals surface area contributed by atoms with E-state index in [0.29, 0.717) is 56.1 Å². The van der Waals surface area contributed by atoms with E-state index in [2.05, 4.69) is 20.1 Å². The number of pyridine rings is 2. The van der Waals surface area contributed by atoms with E-state index in [1.165, 1.54) is 6.07 Å². The number of unbranched alkanes of at least 4 members (excludes halogenated alkanes) is 1. The second kappa shape index (κ2) is 17.3. The molecular formula is C39H45F3N8O4. The second-order valence-corrected chi connectivity index (χ2v) is 14.1. The molecule has 1 unspecified atom stereocenters. The molecule has 15 heteroatoms. The number of halogens is 3. The first-order chi connectivity index (χ1) is 26.0. The van der Waals surface area contributed by atoms with E-state index in [1.54, 1.807) is 23.2 Å². The number of fused-ring (bicyclic) bond motifs is 1. The van der Waals surface area contributed by atoms with Crippen molar-refractivity contribution in [2.75, 3.05) is 62.2 Å². The summed E-state index contributed by atoms with van der Waals surface area (Å²) in [5, 5.41) is 11.2. The van der Waals surface area contributed by atoms with Gasteiger partial charge in [-0.05, 0) is 88.0 Å². The minimum Gasteiger partial charge on any atom is -0.492 e. The summed E-state index contributed by atoms with van der Waals surface area (Å²) in [4.78, 5) is 53.0. The van der Waals surface area contributed by atoms with Crippen molar-refractivity contribution in [2.45, 2.75) is 70.1 Å². The van der Waals surface area contributed by atoms with Crippen LogP contribution in [0, 0.1) is 11.3 Å². The summed E-state index contributed by atoms with van der Waals surface area (Å²) in [6.45, 7) is 8.57. The van der Waals surface area contributed by atoms with Crippen LogP contribution in [0.1, 0.15) is 84.2 Å². The number of nitrogens with one attached hydrogen (secondary N) is 1. The smallest absolute Gasteiger partial charge is 0.417 e. The van der Waals surface area contributed by atoms with Gasteiger partial charge >= 0.3 is 6.18 Å². The molecule has 3 aromatic rings. The highest BCUT2D eigenvalue weighted by atomic mass is 19.4. The Hall–Kier alpha value is -5.23. The van der Waals surface area contributed by atoms with Crippen LogP contribution in [0.15, 0.2) is 48.7 Å². The highest BCUT2D eigenvalue weighted by molar-refractivity contribution is 5.98. The zero-order valence-electron chi connectivity index (χ0n) is 30.4. The van der Waals surface area contributed by atoms with Crippen molar-refractivity contribution < 1.29 is 32.3 Å². The molecule has 0 saturated carbocycles. The molecule has 3 amide bonds. The maximum absolute atomic E-state index is 13.4. The Bertz CT molecular complexity index is 1830. The summed E-state index contributed by atoms with van der Waals surface area (Å²) in [7, 11) is 0. The molecule has 0 aliphatic carbocycles. The van der Waals surface area contributed by atoms with Crippen LogP contribution < -0.4 is 19.9 Å². The van der Waals surface area contributed by atoms with Gasteiger partial charge in [0.1, 0.15) is 11.6 Å². The van der Waals surface area contributed by atoms with E-state index in [9.17, 15) is 27.6 Å². The molecule has 6 rings (SSSR count).